The van der Waals surface area contributed by atoms with Crippen molar-refractivity contribution in [2.45, 2.75) is 189 Å². The van der Waals surface area contributed by atoms with E-state index in [0.717, 1.165) is 37.5 Å². The highest BCUT2D eigenvalue weighted by atomic mass is 32.2. The Kier molecular flexibility index (Phi) is 15.9. The largest absolute Gasteiger partial charge is 0.748 e. The third-order valence-corrected chi connectivity index (χ3v) is 26.9. The monoisotopic (exact) mass is 772 g/mol. The number of rotatable bonds is 18. The molecule has 4 aliphatic carbocycles. The molecule has 0 N–H and O–H groups in total. The van der Waals surface area contributed by atoms with Gasteiger partial charge in [0.25, 0.3) is 0 Å². The fourth-order valence-electron chi connectivity index (χ4n) is 11.0. The third-order valence-electron chi connectivity index (χ3n) is 13.4. The molecule has 0 spiro atoms. The smallest absolute Gasteiger partial charge is 0.104 e. The highest BCUT2D eigenvalue weighted by molar-refractivity contribution is 7.85. The second kappa shape index (κ2) is 19.4. The first-order valence-electron chi connectivity index (χ1n) is 20.4. The number of aromatic nitrogens is 2. The molecular weight excluding hydrogens is 707 g/mol. The van der Waals surface area contributed by atoms with Gasteiger partial charge in [-0.05, 0) is 128 Å². The molecule has 0 unspecified atom stereocenters. The summed E-state index contributed by atoms with van der Waals surface area (Å²) in [7, 11) is -11.7. The van der Waals surface area contributed by atoms with Gasteiger partial charge in [-0.2, -0.15) is 0 Å². The molecule has 0 amide bonds. The minimum atomic E-state index is -4.22. The van der Waals surface area contributed by atoms with Crippen LogP contribution in [0.3, 0.4) is 0 Å². The highest BCUT2D eigenvalue weighted by Crippen LogP contribution is 2.76. The Morgan fingerprint density at radius 1 is 0.480 bits per heavy atom. The van der Waals surface area contributed by atoms with E-state index in [1.807, 2.05) is 12.4 Å². The van der Waals surface area contributed by atoms with E-state index in [2.05, 4.69) is 0 Å². The van der Waals surface area contributed by atoms with Crippen LogP contribution in [0, 0.1) is 0 Å². The summed E-state index contributed by atoms with van der Waals surface area (Å²) in [5.41, 5.74) is 5.14. The Morgan fingerprint density at radius 3 is 1.02 bits per heavy atom. The summed E-state index contributed by atoms with van der Waals surface area (Å²) < 4.78 is 69.7. The van der Waals surface area contributed by atoms with Gasteiger partial charge in [0, 0.05) is 38.4 Å². The molecule has 0 saturated heterocycles. The molecule has 5 rings (SSSR count). The average Bonchev–Trinajstić information content (AvgIpc) is 3.12. The van der Waals surface area contributed by atoms with Crippen molar-refractivity contribution in [1.82, 2.24) is 9.97 Å². The van der Waals surface area contributed by atoms with E-state index in [9.17, 15) is 25.9 Å². The fraction of sp³-hybridized carbons (Fsp3) is 0.895. The number of unbranched alkanes of at least 4 members (excludes halogenated alkanes) is 2. The molecular formula is C38H66N2O6P2S2. The zero-order valence-electron chi connectivity index (χ0n) is 30.7. The molecule has 1 aromatic rings. The lowest BCUT2D eigenvalue weighted by Crippen LogP contribution is -2.33. The summed E-state index contributed by atoms with van der Waals surface area (Å²) >= 11 is 0. The lowest BCUT2D eigenvalue weighted by atomic mass is 9.99. The fourth-order valence-corrected chi connectivity index (χ4v) is 24.9. The number of hydrogen-bond acceptors (Lipinski definition) is 8. The van der Waals surface area contributed by atoms with Crippen molar-refractivity contribution in [2.24, 2.45) is 0 Å². The molecule has 0 bridgehead atoms. The number of nitrogens with zero attached hydrogens (tertiary/aromatic N) is 2. The van der Waals surface area contributed by atoms with Crippen LogP contribution in [0.5, 0.6) is 0 Å². The summed E-state index contributed by atoms with van der Waals surface area (Å²) in [6.45, 7) is 0. The Balaban J connectivity index is 1.52. The zero-order chi connectivity index (χ0) is 35.5. The van der Waals surface area contributed by atoms with E-state index in [0.29, 0.717) is 35.5 Å². The molecule has 50 heavy (non-hydrogen) atoms. The van der Waals surface area contributed by atoms with Gasteiger partial charge in [0.2, 0.25) is 0 Å². The zero-order valence-corrected chi connectivity index (χ0v) is 34.2. The van der Waals surface area contributed by atoms with Gasteiger partial charge in [0.05, 0.1) is 55.2 Å². The Hall–Kier alpha value is -0.240. The van der Waals surface area contributed by atoms with E-state index in [-0.39, 0.29) is 11.5 Å². The molecule has 1 heterocycles. The van der Waals surface area contributed by atoms with Crippen molar-refractivity contribution in [3.8, 4) is 0 Å². The second-order valence-corrected chi connectivity index (χ2v) is 28.4. The molecule has 1 aromatic heterocycles. The lowest BCUT2D eigenvalue weighted by molar-refractivity contribution is 0.458. The van der Waals surface area contributed by atoms with Crippen LogP contribution in [0.2, 0.25) is 0 Å². The van der Waals surface area contributed by atoms with Gasteiger partial charge in [-0.3, -0.25) is 9.97 Å². The highest BCUT2D eigenvalue weighted by Gasteiger charge is 2.55. The van der Waals surface area contributed by atoms with Crippen LogP contribution < -0.4 is 0 Å². The van der Waals surface area contributed by atoms with Gasteiger partial charge in [0.1, 0.15) is 23.7 Å². The van der Waals surface area contributed by atoms with E-state index in [1.165, 1.54) is 140 Å². The van der Waals surface area contributed by atoms with Crippen LogP contribution in [-0.4, -0.2) is 82.4 Å². The van der Waals surface area contributed by atoms with Crippen LogP contribution in [0.25, 0.3) is 0 Å². The van der Waals surface area contributed by atoms with Crippen molar-refractivity contribution >= 4 is 34.8 Å². The first-order chi connectivity index (χ1) is 24.0. The quantitative estimate of drug-likeness (QED) is 0.0817. The van der Waals surface area contributed by atoms with Crippen molar-refractivity contribution in [2.75, 3.05) is 23.8 Å². The second-order valence-electron chi connectivity index (χ2n) is 16.5. The molecule has 8 nitrogen and oxygen atoms in total. The maximum absolute atomic E-state index is 11.6. The molecule has 4 fully saturated rings. The molecule has 286 valence electrons. The summed E-state index contributed by atoms with van der Waals surface area (Å²) in [5, 5.41) is 0. The van der Waals surface area contributed by atoms with E-state index in [1.54, 1.807) is 0 Å². The molecule has 0 aromatic carbocycles. The summed E-state index contributed by atoms with van der Waals surface area (Å²) in [6.07, 6.45) is 36.0. The molecule has 0 atom stereocenters. The Morgan fingerprint density at radius 2 is 0.760 bits per heavy atom. The SMILES string of the molecule is O=S(=O)([O-])CCCC[P+](Cc1nccnc1C[P+](CCCCS(=O)(=O)[O-])(C1CCCCC1)C1CCCCC1)(C1CCCCC1)C1CCCCC1. The molecule has 4 saturated carbocycles. The first-order valence-corrected chi connectivity index (χ1v) is 28.1. The van der Waals surface area contributed by atoms with E-state index in [4.69, 9.17) is 9.97 Å². The topological polar surface area (TPSA) is 140 Å². The normalized spacial score (nSPS) is 21.8. The van der Waals surface area contributed by atoms with Gasteiger partial charge in [-0.25, -0.2) is 16.8 Å². The van der Waals surface area contributed by atoms with Gasteiger partial charge < -0.3 is 9.11 Å². The average molecular weight is 773 g/mol. The molecule has 0 radical (unpaired) electrons. The minimum Gasteiger partial charge on any atom is -0.748 e. The van der Waals surface area contributed by atoms with Crippen LogP contribution in [0.15, 0.2) is 12.4 Å². The van der Waals surface area contributed by atoms with Gasteiger partial charge in [-0.15, -0.1) is 0 Å². The van der Waals surface area contributed by atoms with Gasteiger partial charge >= 0.3 is 0 Å². The van der Waals surface area contributed by atoms with Crippen LogP contribution in [-0.2, 0) is 32.6 Å². The summed E-state index contributed by atoms with van der Waals surface area (Å²) in [4.78, 5) is 10.5. The maximum atomic E-state index is 11.6. The first kappa shape index (κ1) is 40.9. The predicted octanol–water partition coefficient (Wildman–Crippen LogP) is 9.49. The summed E-state index contributed by atoms with van der Waals surface area (Å²) in [6, 6.07) is 0. The standard InChI is InChI=1S/C38H66N2O6P2S2/c41-49(42,43)29-15-13-27-47(33-17-5-1-6-18-33,34-19-7-2-8-20-34)31-37-38(40-26-25-39-37)32-48(35-21-9-3-10-22-35,36-23-11-4-12-24-36)28-14-16-30-50(44,45)46/h25-26,33-36H,1-24,27-32H2. The van der Waals surface area contributed by atoms with Crippen LogP contribution in [0.1, 0.15) is 165 Å². The Labute approximate surface area is 306 Å². The predicted molar refractivity (Wildman–Crippen MR) is 208 cm³/mol. The third kappa shape index (κ3) is 11.6. The van der Waals surface area contributed by atoms with Crippen LogP contribution in [0.4, 0.5) is 0 Å². The van der Waals surface area contributed by atoms with E-state index >= 15 is 0 Å². The van der Waals surface area contributed by atoms with Crippen molar-refractivity contribution in [1.29, 1.82) is 0 Å². The van der Waals surface area contributed by atoms with Gasteiger partial charge in [-0.1, -0.05) is 25.7 Å². The lowest BCUT2D eigenvalue weighted by Gasteiger charge is -2.45. The minimum absolute atomic E-state index is 0.262. The van der Waals surface area contributed by atoms with E-state index < -0.39 is 34.8 Å². The number of hydrogen-bond donors (Lipinski definition) is 0. The van der Waals surface area contributed by atoms with Gasteiger partial charge in [0.15, 0.2) is 0 Å². The van der Waals surface area contributed by atoms with Crippen LogP contribution >= 0.6 is 14.5 Å². The molecule has 0 aliphatic heterocycles. The molecule has 12 heteroatoms. The van der Waals surface area contributed by atoms with Crippen molar-refractivity contribution in [3.05, 3.63) is 23.8 Å². The van der Waals surface area contributed by atoms with Crippen molar-refractivity contribution in [3.63, 3.8) is 0 Å². The molecule has 4 aliphatic rings. The van der Waals surface area contributed by atoms with Crippen molar-refractivity contribution < 1.29 is 25.9 Å². The Bertz CT molecular complexity index is 1250. The maximum Gasteiger partial charge on any atom is 0.104 e. The summed E-state index contributed by atoms with van der Waals surface area (Å²) in [5.74, 6) is -0.524.